The Morgan fingerprint density at radius 2 is 1.26 bits per heavy atom. The van der Waals surface area contributed by atoms with E-state index in [-0.39, 0.29) is 46.0 Å². The average molecular weight is 1030 g/mol. The van der Waals surface area contributed by atoms with Crippen LogP contribution in [0.1, 0.15) is 5.56 Å². The van der Waals surface area contributed by atoms with Crippen LogP contribution in [0.2, 0.25) is 5.02 Å². The van der Waals surface area contributed by atoms with Crippen molar-refractivity contribution >= 4 is 66.8 Å². The standard InChI is InChI=1S/C53H37ClN18O4/c1-28-11-32(54)5-8-41(28)72-21-35(29-14-59-60-15-29)44-45(51(72)73)55-18-40(63-44)50-64-39-13-34(7-10-43(39)76-50)71-23-37(31-17-62-67(4)20-31)49-47(53(71)75)58-26-69(49)27-68-25-56-38-12-33(6-9-42(38)68)70-22-36(30-16-61-66(3)19-30)48-46(52(70)74)57-24-65(48)2/h5-26H,27H2,1-4H3,(H,59,60). The minimum atomic E-state index is -0.372. The van der Waals surface area contributed by atoms with E-state index in [1.807, 2.05) is 78.6 Å². The smallest absolute Gasteiger partial charge is 0.283 e. The molecule has 0 unspecified atom stereocenters. The molecule has 0 amide bonds. The summed E-state index contributed by atoms with van der Waals surface area (Å²) in [6, 6.07) is 16.2. The topological polar surface area (TPSA) is 236 Å². The first kappa shape index (κ1) is 44.4. The van der Waals surface area contributed by atoms with Crippen LogP contribution in [0.25, 0.3) is 117 Å². The first-order valence-electron chi connectivity index (χ1n) is 23.6. The van der Waals surface area contributed by atoms with Crippen molar-refractivity contribution in [2.45, 2.75) is 13.6 Å². The van der Waals surface area contributed by atoms with Crippen LogP contribution in [0.15, 0.2) is 154 Å². The quantitative estimate of drug-likeness (QED) is 0.152. The second kappa shape index (κ2) is 16.6. The van der Waals surface area contributed by atoms with E-state index in [1.54, 1.807) is 106 Å². The Bertz CT molecular complexity index is 4910. The molecule has 11 heterocycles. The molecule has 0 fully saturated rings. The summed E-state index contributed by atoms with van der Waals surface area (Å²) in [6.07, 6.45) is 22.4. The summed E-state index contributed by atoms with van der Waals surface area (Å²) in [4.78, 5) is 70.9. The second-order valence-electron chi connectivity index (χ2n) is 18.5. The summed E-state index contributed by atoms with van der Waals surface area (Å²) in [5.41, 5.74) is 11.0. The highest BCUT2D eigenvalue weighted by Gasteiger charge is 2.23. The Morgan fingerprint density at radius 1 is 0.592 bits per heavy atom. The van der Waals surface area contributed by atoms with Gasteiger partial charge in [0.15, 0.2) is 22.1 Å². The third-order valence-corrected chi connectivity index (χ3v) is 13.9. The molecule has 0 aliphatic carbocycles. The molecule has 370 valence electrons. The molecular weight excluding hydrogens is 988 g/mol. The fourth-order valence-corrected chi connectivity index (χ4v) is 10.2. The molecule has 14 rings (SSSR count). The fourth-order valence-electron chi connectivity index (χ4n) is 10.0. The zero-order valence-corrected chi connectivity index (χ0v) is 41.3. The Balaban J connectivity index is 0.823. The molecule has 22 nitrogen and oxygen atoms in total. The number of rotatable bonds is 9. The maximum Gasteiger partial charge on any atom is 0.283 e. The zero-order valence-electron chi connectivity index (χ0n) is 40.5. The number of nitrogens with one attached hydrogen (secondary N) is 1. The van der Waals surface area contributed by atoms with Gasteiger partial charge < -0.3 is 18.1 Å². The summed E-state index contributed by atoms with van der Waals surface area (Å²) in [5, 5.41) is 16.4. The highest BCUT2D eigenvalue weighted by molar-refractivity contribution is 6.30. The lowest BCUT2D eigenvalue weighted by molar-refractivity contribution is 0.616. The summed E-state index contributed by atoms with van der Waals surface area (Å²) in [5.74, 6) is 0.160. The van der Waals surface area contributed by atoms with E-state index >= 15 is 0 Å². The summed E-state index contributed by atoms with van der Waals surface area (Å²) < 4.78 is 20.0. The minimum Gasteiger partial charge on any atom is -0.435 e. The molecule has 76 heavy (non-hydrogen) atoms. The maximum absolute atomic E-state index is 14.6. The molecule has 14 aromatic rings. The lowest BCUT2D eigenvalue weighted by atomic mass is 10.1. The third kappa shape index (κ3) is 6.95. The van der Waals surface area contributed by atoms with Crippen LogP contribution in [0.3, 0.4) is 0 Å². The third-order valence-electron chi connectivity index (χ3n) is 13.7. The van der Waals surface area contributed by atoms with E-state index in [1.165, 1.54) is 15.3 Å². The number of pyridine rings is 3. The molecule has 0 atom stereocenters. The van der Waals surface area contributed by atoms with Crippen molar-refractivity contribution in [1.82, 2.24) is 87.1 Å². The van der Waals surface area contributed by atoms with E-state index in [2.05, 4.69) is 30.4 Å². The van der Waals surface area contributed by atoms with E-state index in [0.717, 1.165) is 27.8 Å². The fraction of sp³-hybridized carbons (Fsp3) is 0.0943. The van der Waals surface area contributed by atoms with E-state index in [4.69, 9.17) is 36.0 Å². The lowest BCUT2D eigenvalue weighted by Crippen LogP contribution is -2.20. The molecule has 0 bridgehead atoms. The second-order valence-corrected chi connectivity index (χ2v) is 18.9. The SMILES string of the molecule is Cc1cc(Cl)ccc1-n1cc(-c2cn[nH]c2)c2nc(-c3nc4cc(-n5cc(-c6cnn(C)c6)c6c(ncn6Cn6cnc7cc(-n8cc(-c9cnn(C)c9)c9c(ncn9C)c8=O)ccc76)c5=O)ccc4o3)cnc2c1=O. The summed E-state index contributed by atoms with van der Waals surface area (Å²) in [6.45, 7) is 2.13. The summed E-state index contributed by atoms with van der Waals surface area (Å²) >= 11 is 6.26. The van der Waals surface area contributed by atoms with Gasteiger partial charge in [-0.1, -0.05) is 11.6 Å². The molecule has 0 saturated heterocycles. The van der Waals surface area contributed by atoms with Gasteiger partial charge in [0.1, 0.15) is 23.4 Å². The minimum absolute atomic E-state index is 0.134. The van der Waals surface area contributed by atoms with Gasteiger partial charge in [0.05, 0.1) is 82.9 Å². The molecule has 0 aliphatic heterocycles. The number of fused-ring (bicyclic) bond motifs is 5. The van der Waals surface area contributed by atoms with Gasteiger partial charge in [-0.15, -0.1) is 0 Å². The van der Waals surface area contributed by atoms with Crippen molar-refractivity contribution in [2.24, 2.45) is 21.1 Å². The molecule has 0 radical (unpaired) electrons. The van der Waals surface area contributed by atoms with Gasteiger partial charge in [0.2, 0.25) is 5.89 Å². The van der Waals surface area contributed by atoms with Gasteiger partial charge in [-0.3, -0.25) is 42.5 Å². The van der Waals surface area contributed by atoms with Gasteiger partial charge in [-0.25, -0.2) is 29.9 Å². The Kier molecular flexibility index (Phi) is 9.68. The normalized spacial score (nSPS) is 12.0. The van der Waals surface area contributed by atoms with Crippen LogP contribution >= 0.6 is 11.6 Å². The van der Waals surface area contributed by atoms with Crippen molar-refractivity contribution in [3.63, 3.8) is 0 Å². The highest BCUT2D eigenvalue weighted by Crippen LogP contribution is 2.33. The number of oxazole rings is 1. The van der Waals surface area contributed by atoms with Crippen LogP contribution in [0, 0.1) is 6.92 Å². The number of nitrogens with zero attached hydrogens (tertiary/aromatic N) is 17. The number of hydrogen-bond acceptors (Lipinski definition) is 13. The first-order valence-corrected chi connectivity index (χ1v) is 24.0. The monoisotopic (exact) mass is 1020 g/mol. The van der Waals surface area contributed by atoms with Crippen molar-refractivity contribution in [3.05, 3.63) is 177 Å². The molecule has 3 aromatic carbocycles. The Morgan fingerprint density at radius 3 is 1.97 bits per heavy atom. The van der Waals surface area contributed by atoms with Crippen molar-refractivity contribution in [3.8, 4) is 62.0 Å². The van der Waals surface area contributed by atoms with Crippen LogP contribution in [-0.2, 0) is 27.8 Å². The van der Waals surface area contributed by atoms with Crippen LogP contribution in [0.4, 0.5) is 0 Å². The lowest BCUT2D eigenvalue weighted by Gasteiger charge is -2.13. The number of benzene rings is 3. The predicted octanol–water partition coefficient (Wildman–Crippen LogP) is 7.14. The van der Waals surface area contributed by atoms with Crippen molar-refractivity contribution in [2.75, 3.05) is 0 Å². The van der Waals surface area contributed by atoms with E-state index in [9.17, 15) is 14.4 Å². The Hall–Kier alpha value is -10.4. The zero-order chi connectivity index (χ0) is 51.7. The number of aromatic nitrogens is 18. The number of halogens is 1. The summed E-state index contributed by atoms with van der Waals surface area (Å²) in [7, 11) is 5.54. The van der Waals surface area contributed by atoms with Gasteiger partial charge >= 0.3 is 0 Å². The van der Waals surface area contributed by atoms with E-state index in [0.29, 0.717) is 77.5 Å². The van der Waals surface area contributed by atoms with Crippen LogP contribution in [-0.4, -0.2) is 87.1 Å². The number of H-pyrrole nitrogens is 1. The molecule has 11 aromatic heterocycles. The molecule has 23 heteroatoms. The van der Waals surface area contributed by atoms with Crippen molar-refractivity contribution < 1.29 is 4.42 Å². The van der Waals surface area contributed by atoms with Crippen molar-refractivity contribution in [1.29, 1.82) is 0 Å². The van der Waals surface area contributed by atoms with E-state index < -0.39 is 0 Å². The molecule has 0 saturated carbocycles. The molecule has 0 spiro atoms. The molecule has 0 aliphatic rings. The van der Waals surface area contributed by atoms with Gasteiger partial charge in [-0.05, 0) is 67.1 Å². The Labute approximate surface area is 430 Å². The van der Waals surface area contributed by atoms with Gasteiger partial charge in [-0.2, -0.15) is 15.3 Å². The largest absolute Gasteiger partial charge is 0.435 e. The molecule has 1 N–H and O–H groups in total. The first-order chi connectivity index (χ1) is 36.9. The number of aromatic amines is 1. The number of aryl methyl sites for hydroxylation is 4. The maximum atomic E-state index is 14.6. The van der Waals surface area contributed by atoms with Crippen LogP contribution in [0.5, 0.6) is 0 Å². The highest BCUT2D eigenvalue weighted by atomic mass is 35.5. The number of hydrogen-bond donors (Lipinski definition) is 1. The molecular formula is C53H37ClN18O4. The van der Waals surface area contributed by atoms with Gasteiger partial charge in [0, 0.05) is 96.7 Å². The van der Waals surface area contributed by atoms with Crippen LogP contribution < -0.4 is 16.7 Å². The average Bonchev–Trinajstić information content (AvgIpc) is 4.30. The van der Waals surface area contributed by atoms with Gasteiger partial charge in [0.25, 0.3) is 16.7 Å². The predicted molar refractivity (Wildman–Crippen MR) is 284 cm³/mol. The number of imidazole rings is 3.